The van der Waals surface area contributed by atoms with E-state index >= 15 is 8.78 Å². The molecule has 0 saturated carbocycles. The van der Waals surface area contributed by atoms with Crippen LogP contribution in [0.4, 0.5) is 48.6 Å². The van der Waals surface area contributed by atoms with Crippen LogP contribution in [0.2, 0.25) is 0 Å². The second-order valence-corrected chi connectivity index (χ2v) is 15.0. The van der Waals surface area contributed by atoms with Crippen LogP contribution in [0.1, 0.15) is 6.92 Å². The molecule has 0 saturated heterocycles. The van der Waals surface area contributed by atoms with Crippen LogP contribution in [0.5, 0.6) is 0 Å². The Labute approximate surface area is 356 Å². The molecular formula is C55H38BF2N3. The number of fused-ring (bicyclic) bond motifs is 5. The Balaban J connectivity index is 1.28. The first-order valence-corrected chi connectivity index (χ1v) is 20.3. The molecule has 290 valence electrons. The molecule has 0 fully saturated rings. The van der Waals surface area contributed by atoms with Crippen molar-refractivity contribution in [3.63, 3.8) is 0 Å². The molecule has 0 aliphatic carbocycles. The number of allylic oxidation sites excluding steroid dienone is 3. The second kappa shape index (κ2) is 15.7. The van der Waals surface area contributed by atoms with Crippen LogP contribution in [0, 0.1) is 23.8 Å². The topological polar surface area (TPSA) is 9.72 Å². The van der Waals surface area contributed by atoms with E-state index in [2.05, 4.69) is 99.6 Å². The fourth-order valence-electron chi connectivity index (χ4n) is 8.98. The van der Waals surface area contributed by atoms with Gasteiger partial charge in [-0.3, -0.25) is 0 Å². The Morgan fingerprint density at radius 3 is 1.79 bits per heavy atom. The normalized spacial score (nSPS) is 13.2. The number of halogens is 2. The molecule has 6 heteroatoms. The highest BCUT2D eigenvalue weighted by Gasteiger charge is 2.45. The lowest BCUT2D eigenvalue weighted by molar-refractivity contribution is 0.631. The van der Waals surface area contributed by atoms with Gasteiger partial charge in [-0.25, -0.2) is 8.78 Å². The summed E-state index contributed by atoms with van der Waals surface area (Å²) in [5, 5.41) is 0. The van der Waals surface area contributed by atoms with Gasteiger partial charge in [-0.05, 0) is 102 Å². The average molecular weight is 790 g/mol. The third kappa shape index (κ3) is 6.39. The number of para-hydroxylation sites is 5. The molecule has 10 rings (SSSR count). The molecule has 2 aliphatic heterocycles. The lowest BCUT2D eigenvalue weighted by atomic mass is 9.32. The number of rotatable bonds is 8. The summed E-state index contributed by atoms with van der Waals surface area (Å²) in [7, 11) is 0. The molecular weight excluding hydrogens is 751 g/mol. The molecule has 2 aliphatic rings. The van der Waals surface area contributed by atoms with Gasteiger partial charge in [-0.2, -0.15) is 0 Å². The Morgan fingerprint density at radius 2 is 1.11 bits per heavy atom. The Hall–Kier alpha value is -7.88. The van der Waals surface area contributed by atoms with Gasteiger partial charge in [0.05, 0.1) is 16.9 Å². The monoisotopic (exact) mass is 789 g/mol. The van der Waals surface area contributed by atoms with E-state index < -0.39 is 5.82 Å². The van der Waals surface area contributed by atoms with Crippen molar-refractivity contribution in [2.24, 2.45) is 0 Å². The summed E-state index contributed by atoms with van der Waals surface area (Å²) >= 11 is 0. The van der Waals surface area contributed by atoms with Gasteiger partial charge in [0.1, 0.15) is 11.6 Å². The van der Waals surface area contributed by atoms with E-state index in [1.54, 1.807) is 6.07 Å². The molecule has 0 aromatic heterocycles. The largest absolute Gasteiger partial charge is 0.311 e. The fourth-order valence-corrected chi connectivity index (χ4v) is 8.98. The molecule has 0 N–H and O–H groups in total. The van der Waals surface area contributed by atoms with Crippen molar-refractivity contribution in [3.05, 3.63) is 247 Å². The first-order chi connectivity index (χ1) is 30.0. The maximum atomic E-state index is 15.9. The molecule has 0 spiro atoms. The zero-order valence-corrected chi connectivity index (χ0v) is 33.4. The average Bonchev–Trinajstić information content (AvgIpc) is 3.30. The first kappa shape index (κ1) is 37.4. The summed E-state index contributed by atoms with van der Waals surface area (Å²) in [6.45, 7) is 6.72. The minimum absolute atomic E-state index is 0.241. The van der Waals surface area contributed by atoms with Gasteiger partial charge in [0.15, 0.2) is 0 Å². The smallest absolute Gasteiger partial charge is 0.252 e. The molecule has 0 unspecified atom stereocenters. The maximum absolute atomic E-state index is 15.9. The van der Waals surface area contributed by atoms with E-state index in [0.717, 1.165) is 73.2 Å². The van der Waals surface area contributed by atoms with Crippen molar-refractivity contribution in [2.45, 2.75) is 6.92 Å². The van der Waals surface area contributed by atoms with Crippen LogP contribution < -0.4 is 25.6 Å². The Bertz CT molecular complexity index is 2970. The van der Waals surface area contributed by atoms with Crippen molar-refractivity contribution in [1.29, 1.82) is 0 Å². The molecule has 61 heavy (non-hydrogen) atoms. The predicted octanol–water partition coefficient (Wildman–Crippen LogP) is 13.2. The van der Waals surface area contributed by atoms with E-state index in [4.69, 9.17) is 6.58 Å². The zero-order chi connectivity index (χ0) is 41.5. The maximum Gasteiger partial charge on any atom is 0.252 e. The molecule has 0 radical (unpaired) electrons. The standard InChI is InChI=1S/C55H38BF2N3/c1-3-20-53-55-38(2)59(50-32-17-12-27-44(50)42-25-10-15-30-48(42)57)54-37-41(60(39-21-6-4-7-22-39)40-23-8-5-9-24-40)35-36-47(54)56(55)46-29-14-19-34-52(46)61(53)51-33-18-13-28-45(51)43-26-11-16-31-49(43)58/h3-9,11-24,26-37H,2H2,1H3/b20-3+. The third-order valence-electron chi connectivity index (χ3n) is 11.5. The highest BCUT2D eigenvalue weighted by molar-refractivity contribution is 6.94. The van der Waals surface area contributed by atoms with Crippen LogP contribution in [-0.4, -0.2) is 6.71 Å². The highest BCUT2D eigenvalue weighted by atomic mass is 19.1. The van der Waals surface area contributed by atoms with E-state index in [1.807, 2.05) is 110 Å². The minimum Gasteiger partial charge on any atom is -0.311 e. The predicted molar refractivity (Wildman–Crippen MR) is 249 cm³/mol. The molecule has 8 aromatic rings. The fraction of sp³-hybridized carbons (Fsp3) is 0.0182. The van der Waals surface area contributed by atoms with Gasteiger partial charge < -0.3 is 14.7 Å². The molecule has 0 amide bonds. The van der Waals surface area contributed by atoms with Gasteiger partial charge in [0.25, 0.3) is 6.71 Å². The summed E-state index contributed by atoms with van der Waals surface area (Å²) in [6, 6.07) is 67.5. The first-order valence-electron chi connectivity index (χ1n) is 20.3. The molecule has 0 atom stereocenters. The summed E-state index contributed by atoms with van der Waals surface area (Å²) in [5.41, 5.74) is 13.4. The Morgan fingerprint density at radius 1 is 0.541 bits per heavy atom. The van der Waals surface area contributed by atoms with E-state index in [-0.39, 0.29) is 12.5 Å². The number of hydrogen-bond donors (Lipinski definition) is 0. The molecule has 3 nitrogen and oxygen atoms in total. The van der Waals surface area contributed by atoms with Gasteiger partial charge in [0.2, 0.25) is 0 Å². The van der Waals surface area contributed by atoms with Gasteiger partial charge in [0, 0.05) is 56.5 Å². The molecule has 8 aromatic carbocycles. The van der Waals surface area contributed by atoms with Crippen molar-refractivity contribution in [3.8, 4) is 22.3 Å². The summed E-state index contributed by atoms with van der Waals surface area (Å²) in [6.07, 6.45) is 4.16. The van der Waals surface area contributed by atoms with Crippen LogP contribution >= 0.6 is 0 Å². The van der Waals surface area contributed by atoms with E-state index in [0.29, 0.717) is 16.7 Å². The lowest BCUT2D eigenvalue weighted by Gasteiger charge is -2.46. The summed E-state index contributed by atoms with van der Waals surface area (Å²) in [4.78, 5) is 6.66. The SMILES string of the molecule is C=C1C2=C(/C=C/C)N(c3ccccc3-c3ccccc3F)c3ccccc3B2c2ccc(N(c3ccccc3)c3ccccc3)cc2N1c1ccccc1-c1c#cccc1F. The minimum atomic E-state index is -0.392. The molecule has 2 heterocycles. The van der Waals surface area contributed by atoms with Crippen molar-refractivity contribution < 1.29 is 8.78 Å². The second-order valence-electron chi connectivity index (χ2n) is 15.0. The van der Waals surface area contributed by atoms with Crippen molar-refractivity contribution in [2.75, 3.05) is 14.7 Å². The van der Waals surface area contributed by atoms with Gasteiger partial charge >= 0.3 is 0 Å². The van der Waals surface area contributed by atoms with Crippen molar-refractivity contribution >= 4 is 57.5 Å². The molecule has 0 bridgehead atoms. The van der Waals surface area contributed by atoms with Crippen LogP contribution in [-0.2, 0) is 0 Å². The lowest BCUT2D eigenvalue weighted by Crippen LogP contribution is -2.56. The number of hydrogen-bond acceptors (Lipinski definition) is 3. The number of anilines is 7. The van der Waals surface area contributed by atoms with Gasteiger partial charge in [-0.1, -0.05) is 140 Å². The van der Waals surface area contributed by atoms with Gasteiger partial charge in [-0.15, -0.1) is 0 Å². The summed E-state index contributed by atoms with van der Waals surface area (Å²) < 4.78 is 31.6. The zero-order valence-electron chi connectivity index (χ0n) is 33.4. The van der Waals surface area contributed by atoms with Crippen LogP contribution in [0.15, 0.2) is 224 Å². The van der Waals surface area contributed by atoms with Crippen LogP contribution in [0.3, 0.4) is 0 Å². The van der Waals surface area contributed by atoms with E-state index in [9.17, 15) is 0 Å². The third-order valence-corrected chi connectivity index (χ3v) is 11.5. The van der Waals surface area contributed by atoms with Crippen LogP contribution in [0.25, 0.3) is 22.3 Å². The highest BCUT2D eigenvalue weighted by Crippen LogP contribution is 2.49. The summed E-state index contributed by atoms with van der Waals surface area (Å²) in [5.74, 6) is -0.688. The Kier molecular flexibility index (Phi) is 9.63. The van der Waals surface area contributed by atoms with E-state index in [1.165, 1.54) is 18.2 Å². The quantitative estimate of drug-likeness (QED) is 0.142. The van der Waals surface area contributed by atoms with Crippen molar-refractivity contribution in [1.82, 2.24) is 0 Å². The number of benzene rings is 7. The number of nitrogens with zero attached hydrogens (tertiary/aromatic N) is 3.